The van der Waals surface area contributed by atoms with E-state index in [9.17, 15) is 9.59 Å². The summed E-state index contributed by atoms with van der Waals surface area (Å²) in [5.74, 6) is 0. The molecule has 0 atom stereocenters. The van der Waals surface area contributed by atoms with Gasteiger partial charge in [0, 0.05) is 11.8 Å². The van der Waals surface area contributed by atoms with E-state index in [4.69, 9.17) is 0 Å². The molecule has 0 bridgehead atoms. The molecule has 0 aliphatic rings. The number of H-pyrrole nitrogens is 1. The van der Waals surface area contributed by atoms with Crippen molar-refractivity contribution >= 4 is 0 Å². The highest BCUT2D eigenvalue weighted by Gasteiger charge is 2.04. The first-order valence-corrected chi connectivity index (χ1v) is 5.87. The summed E-state index contributed by atoms with van der Waals surface area (Å²) in [6.45, 7) is 7.55. The van der Waals surface area contributed by atoms with Gasteiger partial charge >= 0.3 is 5.69 Å². The molecular weight excluding hydrogens is 228 g/mol. The summed E-state index contributed by atoms with van der Waals surface area (Å²) in [6.07, 6.45) is 9.56. The number of nitrogens with one attached hydrogen (secondary N) is 1. The summed E-state index contributed by atoms with van der Waals surface area (Å²) in [4.78, 5) is 26.1. The van der Waals surface area contributed by atoms with E-state index < -0.39 is 0 Å². The molecule has 1 aromatic rings. The van der Waals surface area contributed by atoms with Crippen LogP contribution in [-0.2, 0) is 6.54 Å². The first kappa shape index (κ1) is 14.0. The molecule has 0 saturated heterocycles. The highest BCUT2D eigenvalue weighted by molar-refractivity contribution is 5.21. The minimum atomic E-state index is -0.389. The molecule has 96 valence electrons. The van der Waals surface area contributed by atoms with Crippen LogP contribution < -0.4 is 11.2 Å². The second-order valence-electron chi connectivity index (χ2n) is 3.95. The standard InChI is InChI=1S/C14H18N2O2/c1-4-6-8-12(7-5-2)10-16-13(17)11(3)9-15-14(16)18/h4,6-9H,1,5,10H2,2-3H3,(H,15,18)/b8-6-,12-7+. The predicted molar refractivity (Wildman–Crippen MR) is 73.8 cm³/mol. The predicted octanol–water partition coefficient (Wildman–Crippen LogP) is 1.92. The van der Waals surface area contributed by atoms with Crippen molar-refractivity contribution in [3.05, 3.63) is 69.1 Å². The summed E-state index contributed by atoms with van der Waals surface area (Å²) < 4.78 is 1.20. The van der Waals surface area contributed by atoms with Gasteiger partial charge in [0.25, 0.3) is 5.56 Å². The van der Waals surface area contributed by atoms with Crippen LogP contribution in [0.25, 0.3) is 0 Å². The lowest BCUT2D eigenvalue weighted by molar-refractivity contribution is 0.689. The molecule has 0 unspecified atom stereocenters. The van der Waals surface area contributed by atoms with Gasteiger partial charge in [0.2, 0.25) is 0 Å². The van der Waals surface area contributed by atoms with Gasteiger partial charge in [0.1, 0.15) is 0 Å². The third-order valence-electron chi connectivity index (χ3n) is 2.49. The lowest BCUT2D eigenvalue weighted by Gasteiger charge is -2.06. The van der Waals surface area contributed by atoms with Crippen molar-refractivity contribution in [1.29, 1.82) is 0 Å². The lowest BCUT2D eigenvalue weighted by Crippen LogP contribution is -2.36. The first-order valence-electron chi connectivity index (χ1n) is 5.87. The Hall–Kier alpha value is -2.10. The molecule has 0 saturated carbocycles. The number of hydrogen-bond donors (Lipinski definition) is 1. The SMILES string of the molecule is C=C/C=C\C(=C/CC)Cn1c(=O)[nH]cc(C)c1=O. The molecular formula is C14H18N2O2. The fraction of sp³-hybridized carbons (Fsp3) is 0.286. The Balaban J connectivity index is 3.16. The van der Waals surface area contributed by atoms with Crippen molar-refractivity contribution in [2.45, 2.75) is 26.8 Å². The number of hydrogen-bond acceptors (Lipinski definition) is 2. The van der Waals surface area contributed by atoms with Gasteiger partial charge in [-0.1, -0.05) is 37.8 Å². The maximum atomic E-state index is 11.9. The quantitative estimate of drug-likeness (QED) is 0.807. The van der Waals surface area contributed by atoms with Gasteiger partial charge in [-0.25, -0.2) is 4.79 Å². The molecule has 4 heteroatoms. The van der Waals surface area contributed by atoms with Crippen LogP contribution in [0.2, 0.25) is 0 Å². The maximum Gasteiger partial charge on any atom is 0.328 e. The average Bonchev–Trinajstić information content (AvgIpc) is 2.36. The van der Waals surface area contributed by atoms with Gasteiger partial charge in [-0.05, 0) is 18.9 Å². The molecule has 1 N–H and O–H groups in total. The van der Waals surface area contributed by atoms with Crippen LogP contribution in [0.4, 0.5) is 0 Å². The molecule has 1 rings (SSSR count). The molecule has 0 aromatic carbocycles. The van der Waals surface area contributed by atoms with Crippen molar-refractivity contribution < 1.29 is 0 Å². The van der Waals surface area contributed by atoms with Crippen molar-refractivity contribution in [1.82, 2.24) is 9.55 Å². The lowest BCUT2D eigenvalue weighted by atomic mass is 10.2. The molecule has 0 spiro atoms. The van der Waals surface area contributed by atoms with E-state index in [1.165, 1.54) is 10.8 Å². The fourth-order valence-corrected chi connectivity index (χ4v) is 1.58. The molecule has 1 aromatic heterocycles. The Kier molecular flexibility index (Phi) is 5.11. The van der Waals surface area contributed by atoms with Gasteiger partial charge in [0.15, 0.2) is 0 Å². The van der Waals surface area contributed by atoms with Crippen molar-refractivity contribution in [2.75, 3.05) is 0 Å². The summed E-state index contributed by atoms with van der Waals surface area (Å²) >= 11 is 0. The maximum absolute atomic E-state index is 11.9. The third-order valence-corrected chi connectivity index (χ3v) is 2.49. The zero-order valence-corrected chi connectivity index (χ0v) is 10.8. The highest BCUT2D eigenvalue weighted by atomic mass is 16.2. The molecule has 0 aliphatic carbocycles. The zero-order valence-electron chi connectivity index (χ0n) is 10.8. The third kappa shape index (κ3) is 3.45. The van der Waals surface area contributed by atoms with Gasteiger partial charge in [-0.15, -0.1) is 0 Å². The zero-order chi connectivity index (χ0) is 13.5. The Bertz CT molecular complexity index is 589. The van der Waals surface area contributed by atoms with Gasteiger partial charge < -0.3 is 4.98 Å². The van der Waals surface area contributed by atoms with Crippen LogP contribution in [0.3, 0.4) is 0 Å². The van der Waals surface area contributed by atoms with Crippen LogP contribution in [0.15, 0.2) is 52.2 Å². The van der Waals surface area contributed by atoms with Crippen molar-refractivity contribution in [3.63, 3.8) is 0 Å². The van der Waals surface area contributed by atoms with Gasteiger partial charge in [0.05, 0.1) is 6.54 Å². The van der Waals surface area contributed by atoms with Crippen LogP contribution in [0.1, 0.15) is 18.9 Å². The van der Waals surface area contributed by atoms with Gasteiger partial charge in [-0.3, -0.25) is 9.36 Å². The number of aryl methyl sites for hydroxylation is 1. The monoisotopic (exact) mass is 246 g/mol. The molecule has 0 fully saturated rings. The molecule has 18 heavy (non-hydrogen) atoms. The number of nitrogens with zero attached hydrogens (tertiary/aromatic N) is 1. The van der Waals surface area contributed by atoms with E-state index in [1.807, 2.05) is 19.1 Å². The van der Waals surface area contributed by atoms with E-state index in [1.54, 1.807) is 19.1 Å². The van der Waals surface area contributed by atoms with Gasteiger partial charge in [-0.2, -0.15) is 0 Å². The summed E-state index contributed by atoms with van der Waals surface area (Å²) in [5.41, 5.74) is 0.793. The van der Waals surface area contributed by atoms with E-state index in [0.717, 1.165) is 12.0 Å². The number of allylic oxidation sites excluding steroid dienone is 5. The van der Waals surface area contributed by atoms with E-state index in [0.29, 0.717) is 5.56 Å². The molecule has 0 radical (unpaired) electrons. The van der Waals surface area contributed by atoms with Crippen LogP contribution in [0.5, 0.6) is 0 Å². The number of rotatable bonds is 5. The fourth-order valence-electron chi connectivity index (χ4n) is 1.58. The summed E-state index contributed by atoms with van der Waals surface area (Å²) in [6, 6.07) is 0. The highest BCUT2D eigenvalue weighted by Crippen LogP contribution is 2.01. The van der Waals surface area contributed by atoms with Crippen LogP contribution >= 0.6 is 0 Å². The van der Waals surface area contributed by atoms with Crippen molar-refractivity contribution in [2.24, 2.45) is 0 Å². The Labute approximate surface area is 106 Å². The Morgan fingerprint density at radius 2 is 2.22 bits per heavy atom. The second-order valence-corrected chi connectivity index (χ2v) is 3.95. The van der Waals surface area contributed by atoms with Crippen LogP contribution in [-0.4, -0.2) is 9.55 Å². The molecule has 1 heterocycles. The van der Waals surface area contributed by atoms with E-state index in [-0.39, 0.29) is 17.8 Å². The topological polar surface area (TPSA) is 54.9 Å². The van der Waals surface area contributed by atoms with Crippen molar-refractivity contribution in [3.8, 4) is 0 Å². The first-order chi connectivity index (χ1) is 8.60. The Morgan fingerprint density at radius 1 is 1.50 bits per heavy atom. The summed E-state index contributed by atoms with van der Waals surface area (Å²) in [5, 5.41) is 0. The number of aromatic amines is 1. The minimum absolute atomic E-state index is 0.257. The largest absolute Gasteiger partial charge is 0.328 e. The normalized spacial score (nSPS) is 12.0. The Morgan fingerprint density at radius 3 is 2.83 bits per heavy atom. The molecule has 4 nitrogen and oxygen atoms in total. The van der Waals surface area contributed by atoms with Crippen LogP contribution in [0, 0.1) is 6.92 Å². The smallest absolute Gasteiger partial charge is 0.314 e. The van der Waals surface area contributed by atoms with E-state index in [2.05, 4.69) is 11.6 Å². The molecule has 0 amide bonds. The molecule has 0 aliphatic heterocycles. The minimum Gasteiger partial charge on any atom is -0.314 e. The second kappa shape index (κ2) is 6.59. The van der Waals surface area contributed by atoms with E-state index >= 15 is 0 Å². The number of aromatic nitrogens is 2. The summed E-state index contributed by atoms with van der Waals surface area (Å²) in [7, 11) is 0. The average molecular weight is 246 g/mol.